The number of hydrogen-bond donors (Lipinski definition) is 1. The van der Waals surface area contributed by atoms with Crippen LogP contribution in [0.5, 0.6) is 11.5 Å². The lowest BCUT2D eigenvalue weighted by atomic mass is 9.96. The predicted octanol–water partition coefficient (Wildman–Crippen LogP) is 5.32. The molecule has 2 aromatic carbocycles. The first kappa shape index (κ1) is 22.1. The molecule has 33 heavy (non-hydrogen) atoms. The Hall–Kier alpha value is -2.74. The molecule has 1 fully saturated rings. The Morgan fingerprint density at radius 1 is 1.15 bits per heavy atom. The first-order valence-electron chi connectivity index (χ1n) is 11.4. The van der Waals surface area contributed by atoms with Crippen molar-refractivity contribution in [1.82, 2.24) is 4.90 Å². The van der Waals surface area contributed by atoms with E-state index in [2.05, 4.69) is 4.90 Å². The zero-order valence-corrected chi connectivity index (χ0v) is 18.2. The second kappa shape index (κ2) is 8.56. The van der Waals surface area contributed by atoms with E-state index >= 15 is 0 Å². The summed E-state index contributed by atoms with van der Waals surface area (Å²) < 4.78 is 53.2. The third-order valence-electron chi connectivity index (χ3n) is 6.92. The number of halogens is 3. The summed E-state index contributed by atoms with van der Waals surface area (Å²) in [5.41, 5.74) is 2.29. The molecule has 176 valence electrons. The number of carbonyl (C=O) groups is 1. The number of likely N-dealkylation sites (tertiary alicyclic amines) is 1. The molecule has 0 radical (unpaired) electrons. The van der Waals surface area contributed by atoms with Gasteiger partial charge >= 0.3 is 12.1 Å². The van der Waals surface area contributed by atoms with Gasteiger partial charge in [0.15, 0.2) is 0 Å². The van der Waals surface area contributed by atoms with Crippen LogP contribution in [0.3, 0.4) is 0 Å². The molecule has 0 unspecified atom stereocenters. The third kappa shape index (κ3) is 4.40. The summed E-state index contributed by atoms with van der Waals surface area (Å²) in [6, 6.07) is 8.14. The Labute approximate surface area is 190 Å². The maximum absolute atomic E-state index is 13.8. The van der Waals surface area contributed by atoms with Crippen molar-refractivity contribution in [2.45, 2.75) is 56.8 Å². The number of carboxylic acids is 1. The Morgan fingerprint density at radius 3 is 2.64 bits per heavy atom. The molecule has 1 N–H and O–H groups in total. The number of rotatable bonds is 6. The van der Waals surface area contributed by atoms with Crippen LogP contribution < -0.4 is 9.47 Å². The van der Waals surface area contributed by atoms with Crippen LogP contribution in [-0.4, -0.2) is 35.7 Å². The first-order valence-corrected chi connectivity index (χ1v) is 11.4. The molecule has 8 heteroatoms. The van der Waals surface area contributed by atoms with Crippen molar-refractivity contribution in [3.05, 3.63) is 58.1 Å². The largest absolute Gasteiger partial charge is 0.492 e. The lowest BCUT2D eigenvalue weighted by Gasteiger charge is -2.23. The van der Waals surface area contributed by atoms with E-state index in [9.17, 15) is 18.0 Å². The van der Waals surface area contributed by atoms with Crippen LogP contribution in [0.2, 0.25) is 0 Å². The highest BCUT2D eigenvalue weighted by Gasteiger charge is 2.38. The van der Waals surface area contributed by atoms with Crippen molar-refractivity contribution >= 4 is 5.97 Å². The monoisotopic (exact) mass is 461 g/mol. The molecule has 5 nitrogen and oxygen atoms in total. The van der Waals surface area contributed by atoms with Gasteiger partial charge in [-0.25, -0.2) is 0 Å². The van der Waals surface area contributed by atoms with E-state index in [-0.39, 0.29) is 18.4 Å². The number of hydrogen-bond acceptors (Lipinski definition) is 4. The fraction of sp³-hybridized carbons (Fsp3) is 0.480. The van der Waals surface area contributed by atoms with E-state index in [1.807, 2.05) is 6.07 Å². The average molecular weight is 461 g/mol. The number of alkyl halides is 3. The van der Waals surface area contributed by atoms with Crippen molar-refractivity contribution in [2.75, 3.05) is 19.7 Å². The van der Waals surface area contributed by atoms with Gasteiger partial charge in [0.25, 0.3) is 0 Å². The summed E-state index contributed by atoms with van der Waals surface area (Å²) in [5, 5.41) is 9.06. The minimum Gasteiger partial charge on any atom is -0.492 e. The normalized spacial score (nSPS) is 22.2. The topological polar surface area (TPSA) is 59.0 Å². The fourth-order valence-corrected chi connectivity index (χ4v) is 5.35. The Morgan fingerprint density at radius 2 is 1.91 bits per heavy atom. The third-order valence-corrected chi connectivity index (χ3v) is 6.92. The molecule has 5 rings (SSSR count). The van der Waals surface area contributed by atoms with Gasteiger partial charge in [-0.3, -0.25) is 9.69 Å². The quantitative estimate of drug-likeness (QED) is 0.631. The molecule has 0 aromatic heterocycles. The highest BCUT2D eigenvalue weighted by molar-refractivity contribution is 5.68. The number of ether oxygens (including phenoxy) is 2. The molecule has 3 aliphatic rings. The summed E-state index contributed by atoms with van der Waals surface area (Å²) in [6.45, 7) is 2.30. The zero-order valence-electron chi connectivity index (χ0n) is 18.2. The smallest absolute Gasteiger partial charge is 0.416 e. The van der Waals surface area contributed by atoms with Crippen LogP contribution in [-0.2, 0) is 23.9 Å². The second-order valence-electron chi connectivity index (χ2n) is 9.09. The van der Waals surface area contributed by atoms with Crippen LogP contribution in [0.25, 0.3) is 0 Å². The fourth-order valence-electron chi connectivity index (χ4n) is 5.35. The van der Waals surface area contributed by atoms with Crippen molar-refractivity contribution < 1.29 is 32.5 Å². The highest BCUT2D eigenvalue weighted by Crippen LogP contribution is 2.44. The molecule has 2 aliphatic heterocycles. The van der Waals surface area contributed by atoms with Gasteiger partial charge in [-0.15, -0.1) is 0 Å². The highest BCUT2D eigenvalue weighted by atomic mass is 19.4. The van der Waals surface area contributed by atoms with Gasteiger partial charge in [-0.05, 0) is 67.6 Å². The molecular weight excluding hydrogens is 435 g/mol. The number of nitrogens with zero attached hydrogens (tertiary/aromatic N) is 1. The van der Waals surface area contributed by atoms with Crippen LogP contribution in [0.15, 0.2) is 30.3 Å². The molecule has 0 spiro atoms. The molecular formula is C25H26F3NO4. The lowest BCUT2D eigenvalue weighted by molar-refractivity contribution is -0.139. The van der Waals surface area contributed by atoms with Crippen molar-refractivity contribution in [3.8, 4) is 11.5 Å². The van der Waals surface area contributed by atoms with Crippen LogP contribution in [0, 0.1) is 0 Å². The van der Waals surface area contributed by atoms with Gasteiger partial charge in [-0.1, -0.05) is 12.1 Å². The van der Waals surface area contributed by atoms with Crippen molar-refractivity contribution in [2.24, 2.45) is 0 Å². The summed E-state index contributed by atoms with van der Waals surface area (Å²) in [6.07, 6.45) is -1.49. The van der Waals surface area contributed by atoms with Crippen molar-refractivity contribution in [1.29, 1.82) is 0 Å². The van der Waals surface area contributed by atoms with E-state index in [4.69, 9.17) is 14.6 Å². The maximum Gasteiger partial charge on any atom is 0.416 e. The van der Waals surface area contributed by atoms with Gasteiger partial charge < -0.3 is 14.6 Å². The lowest BCUT2D eigenvalue weighted by Crippen LogP contribution is -2.22. The molecule has 1 aliphatic carbocycles. The predicted molar refractivity (Wildman–Crippen MR) is 115 cm³/mol. The Balaban J connectivity index is 1.39. The summed E-state index contributed by atoms with van der Waals surface area (Å²) in [5.74, 6) is 0.123. The number of carboxylic acid groups (broad SMARTS) is 1. The SMILES string of the molecule is O=C(O)C[C@@H]1COc2cc(O[C@@H]3CCc4c3ccc(C(F)(F)F)c4CN3CCCC3)ccc21. The molecule has 2 heterocycles. The van der Waals surface area contributed by atoms with E-state index in [0.717, 1.165) is 42.6 Å². The van der Waals surface area contributed by atoms with Crippen LogP contribution in [0.1, 0.15) is 65.5 Å². The van der Waals surface area contributed by atoms with Crippen molar-refractivity contribution in [3.63, 3.8) is 0 Å². The van der Waals surface area contributed by atoms with Crippen LogP contribution >= 0.6 is 0 Å². The Bertz CT molecular complexity index is 1060. The van der Waals surface area contributed by atoms with Gasteiger partial charge in [0, 0.05) is 24.1 Å². The molecule has 0 amide bonds. The molecule has 0 saturated carbocycles. The minimum absolute atomic E-state index is 0.00450. The second-order valence-corrected chi connectivity index (χ2v) is 9.09. The Kier molecular flexibility index (Phi) is 5.72. The number of fused-ring (bicyclic) bond motifs is 2. The summed E-state index contributed by atoms with van der Waals surface area (Å²) in [4.78, 5) is 13.1. The van der Waals surface area contributed by atoms with Gasteiger partial charge in [0.1, 0.15) is 17.6 Å². The molecule has 2 aromatic rings. The average Bonchev–Trinajstić information content (AvgIpc) is 3.48. The van der Waals surface area contributed by atoms with E-state index in [0.29, 0.717) is 43.1 Å². The van der Waals surface area contributed by atoms with Crippen LogP contribution in [0.4, 0.5) is 13.2 Å². The number of aliphatic carboxylic acids is 1. The molecule has 0 bridgehead atoms. The van der Waals surface area contributed by atoms with E-state index in [1.54, 1.807) is 18.2 Å². The zero-order chi connectivity index (χ0) is 23.2. The summed E-state index contributed by atoms with van der Waals surface area (Å²) >= 11 is 0. The summed E-state index contributed by atoms with van der Waals surface area (Å²) in [7, 11) is 0. The minimum atomic E-state index is -4.38. The van der Waals surface area contributed by atoms with E-state index in [1.165, 1.54) is 6.07 Å². The number of benzene rings is 2. The van der Waals surface area contributed by atoms with Gasteiger partial charge in [0.05, 0.1) is 18.6 Å². The van der Waals surface area contributed by atoms with E-state index < -0.39 is 17.7 Å². The maximum atomic E-state index is 13.8. The van der Waals surface area contributed by atoms with Gasteiger partial charge in [0.2, 0.25) is 0 Å². The van der Waals surface area contributed by atoms with Gasteiger partial charge in [-0.2, -0.15) is 13.2 Å². The molecule has 2 atom stereocenters. The molecule has 1 saturated heterocycles. The first-order chi connectivity index (χ1) is 15.8. The standard InChI is InChI=1S/C25H26F3NO4/c26-25(27,28)21-7-5-19-18(20(21)13-29-9-1-2-10-29)6-8-22(19)33-16-3-4-17-15(11-24(30)31)14-32-23(17)12-16/h3-5,7,12,15,22H,1-2,6,8-11,13-14H2,(H,30,31)/t15-,22-/m1/s1.